The highest BCUT2D eigenvalue weighted by atomic mass is 127. The Hall–Kier alpha value is -1.78. The zero-order chi connectivity index (χ0) is 21.3. The Kier molecular flexibility index (Phi) is 10.6. The lowest BCUT2D eigenvalue weighted by atomic mass is 10.1. The van der Waals surface area contributed by atoms with Gasteiger partial charge in [0, 0.05) is 32.3 Å². The number of hydrogen-bond donors (Lipinski definition) is 2. The minimum absolute atomic E-state index is 0. The van der Waals surface area contributed by atoms with Crippen molar-refractivity contribution in [2.24, 2.45) is 4.99 Å². The maximum absolute atomic E-state index is 6.10. The molecule has 1 aliphatic rings. The summed E-state index contributed by atoms with van der Waals surface area (Å²) < 4.78 is 17.4. The number of ether oxygens (including phenoxy) is 2. The average Bonchev–Trinajstić information content (AvgIpc) is 3.44. The molecule has 1 saturated heterocycles. The van der Waals surface area contributed by atoms with Crippen molar-refractivity contribution in [3.05, 3.63) is 53.5 Å². The van der Waals surface area contributed by atoms with E-state index in [1.807, 2.05) is 26.2 Å². The van der Waals surface area contributed by atoms with Gasteiger partial charge in [0.1, 0.15) is 18.1 Å². The molecule has 0 amide bonds. The standard InChI is InChI=1S/C23H34N4O3.HI/c1-17-9-10-18(22(13-17)30-16-19-7-5-11-28-19)14-25-23(24-2)26-15-20(27(3)4)21-8-6-12-29-21;/h6,8-10,12-13,19-20H,5,7,11,14-16H2,1-4H3,(H2,24,25,26);1H. The van der Waals surface area contributed by atoms with Crippen molar-refractivity contribution in [1.82, 2.24) is 15.5 Å². The topological polar surface area (TPSA) is 71.3 Å². The van der Waals surface area contributed by atoms with Gasteiger partial charge in [0.05, 0.1) is 18.4 Å². The Morgan fingerprint density at radius 1 is 1.29 bits per heavy atom. The zero-order valence-electron chi connectivity index (χ0n) is 18.9. The Morgan fingerprint density at radius 2 is 2.13 bits per heavy atom. The Balaban J connectivity index is 0.00000341. The molecular weight excluding hydrogens is 507 g/mol. The van der Waals surface area contributed by atoms with Gasteiger partial charge < -0.3 is 24.5 Å². The molecule has 0 bridgehead atoms. The van der Waals surface area contributed by atoms with Crippen molar-refractivity contribution in [3.8, 4) is 5.75 Å². The molecule has 31 heavy (non-hydrogen) atoms. The molecule has 1 aromatic heterocycles. The van der Waals surface area contributed by atoms with Crippen LogP contribution in [0.2, 0.25) is 0 Å². The summed E-state index contributed by atoms with van der Waals surface area (Å²) in [6.07, 6.45) is 4.09. The SMILES string of the molecule is CN=C(NCc1ccc(C)cc1OCC1CCCO1)NCC(c1ccco1)N(C)C.I. The van der Waals surface area contributed by atoms with E-state index in [0.29, 0.717) is 19.7 Å². The molecule has 2 aromatic rings. The summed E-state index contributed by atoms with van der Waals surface area (Å²) in [4.78, 5) is 6.48. The number of aliphatic imine (C=N–C) groups is 1. The molecule has 7 nitrogen and oxygen atoms in total. The fourth-order valence-corrected chi connectivity index (χ4v) is 3.51. The number of rotatable bonds is 9. The van der Waals surface area contributed by atoms with Crippen LogP contribution < -0.4 is 15.4 Å². The van der Waals surface area contributed by atoms with Gasteiger partial charge in [0.25, 0.3) is 0 Å². The first-order valence-electron chi connectivity index (χ1n) is 10.5. The minimum Gasteiger partial charge on any atom is -0.491 e. The highest BCUT2D eigenvalue weighted by Crippen LogP contribution is 2.22. The number of halogens is 1. The van der Waals surface area contributed by atoms with Gasteiger partial charge in [-0.1, -0.05) is 12.1 Å². The smallest absolute Gasteiger partial charge is 0.191 e. The summed E-state index contributed by atoms with van der Waals surface area (Å²) in [5.74, 6) is 2.56. The number of benzene rings is 1. The molecule has 3 rings (SSSR count). The largest absolute Gasteiger partial charge is 0.491 e. The van der Waals surface area contributed by atoms with E-state index < -0.39 is 0 Å². The van der Waals surface area contributed by atoms with Crippen LogP contribution >= 0.6 is 24.0 Å². The molecular formula is C23H35IN4O3. The van der Waals surface area contributed by atoms with Gasteiger partial charge in [-0.2, -0.15) is 0 Å². The van der Waals surface area contributed by atoms with Crippen molar-refractivity contribution >= 4 is 29.9 Å². The summed E-state index contributed by atoms with van der Waals surface area (Å²) >= 11 is 0. The summed E-state index contributed by atoms with van der Waals surface area (Å²) in [6.45, 7) is 4.80. The lowest BCUT2D eigenvalue weighted by Gasteiger charge is -2.24. The first-order valence-corrected chi connectivity index (χ1v) is 10.5. The Morgan fingerprint density at radius 3 is 2.77 bits per heavy atom. The van der Waals surface area contributed by atoms with Crippen molar-refractivity contribution in [2.45, 2.75) is 38.5 Å². The molecule has 2 N–H and O–H groups in total. The third-order valence-electron chi connectivity index (χ3n) is 5.30. The van der Waals surface area contributed by atoms with E-state index in [1.165, 1.54) is 5.56 Å². The molecule has 8 heteroatoms. The molecule has 1 aromatic carbocycles. The van der Waals surface area contributed by atoms with E-state index in [9.17, 15) is 0 Å². The van der Waals surface area contributed by atoms with Gasteiger partial charge in [0.15, 0.2) is 5.96 Å². The van der Waals surface area contributed by atoms with Crippen LogP contribution in [0.25, 0.3) is 0 Å². The molecule has 2 atom stereocenters. The fraction of sp³-hybridized carbons (Fsp3) is 0.522. The summed E-state index contributed by atoms with van der Waals surface area (Å²) in [6, 6.07) is 10.3. The lowest BCUT2D eigenvalue weighted by molar-refractivity contribution is 0.0676. The van der Waals surface area contributed by atoms with Crippen LogP contribution in [-0.4, -0.2) is 57.9 Å². The normalized spacial score (nSPS) is 17.3. The van der Waals surface area contributed by atoms with Gasteiger partial charge in [-0.05, 0) is 57.6 Å². The Labute approximate surface area is 202 Å². The quantitative estimate of drug-likeness (QED) is 0.286. The van der Waals surface area contributed by atoms with Gasteiger partial charge in [-0.15, -0.1) is 24.0 Å². The molecule has 1 fully saturated rings. The molecule has 0 spiro atoms. The third-order valence-corrected chi connectivity index (χ3v) is 5.30. The van der Waals surface area contributed by atoms with E-state index in [1.54, 1.807) is 13.3 Å². The predicted octanol–water partition coefficient (Wildman–Crippen LogP) is 3.73. The van der Waals surface area contributed by atoms with E-state index >= 15 is 0 Å². The van der Waals surface area contributed by atoms with Crippen LogP contribution in [0.15, 0.2) is 46.0 Å². The summed E-state index contributed by atoms with van der Waals surface area (Å²) in [5, 5.41) is 6.79. The number of guanidine groups is 1. The highest BCUT2D eigenvalue weighted by Gasteiger charge is 2.18. The first-order chi connectivity index (χ1) is 14.6. The van der Waals surface area contributed by atoms with Gasteiger partial charge >= 0.3 is 0 Å². The van der Waals surface area contributed by atoms with Crippen molar-refractivity contribution in [2.75, 3.05) is 40.9 Å². The number of likely N-dealkylation sites (N-methyl/N-ethyl adjacent to an activating group) is 1. The van der Waals surface area contributed by atoms with Crippen LogP contribution in [0.3, 0.4) is 0 Å². The first kappa shape index (κ1) is 25.5. The number of nitrogens with one attached hydrogen (secondary N) is 2. The summed E-state index contributed by atoms with van der Waals surface area (Å²) in [7, 11) is 5.85. The average molecular weight is 542 g/mol. The molecule has 172 valence electrons. The van der Waals surface area contributed by atoms with Crippen LogP contribution in [0.4, 0.5) is 0 Å². The number of aryl methyl sites for hydroxylation is 1. The second-order valence-corrected chi connectivity index (χ2v) is 7.86. The molecule has 1 aliphatic heterocycles. The second-order valence-electron chi connectivity index (χ2n) is 7.86. The molecule has 2 unspecified atom stereocenters. The zero-order valence-corrected chi connectivity index (χ0v) is 21.2. The predicted molar refractivity (Wildman–Crippen MR) is 134 cm³/mol. The van der Waals surface area contributed by atoms with E-state index in [2.05, 4.69) is 45.6 Å². The molecule has 0 aliphatic carbocycles. The third kappa shape index (κ3) is 7.69. The highest BCUT2D eigenvalue weighted by molar-refractivity contribution is 14.0. The monoisotopic (exact) mass is 542 g/mol. The Bertz CT molecular complexity index is 805. The minimum atomic E-state index is 0. The molecule has 2 heterocycles. The van der Waals surface area contributed by atoms with E-state index in [4.69, 9.17) is 13.9 Å². The number of furan rings is 1. The van der Waals surface area contributed by atoms with Gasteiger partial charge in [-0.3, -0.25) is 9.89 Å². The van der Waals surface area contributed by atoms with Crippen LogP contribution in [0.5, 0.6) is 5.75 Å². The lowest BCUT2D eigenvalue weighted by Crippen LogP contribution is -2.41. The van der Waals surface area contributed by atoms with Crippen LogP contribution in [0.1, 0.15) is 35.8 Å². The maximum Gasteiger partial charge on any atom is 0.191 e. The van der Waals surface area contributed by atoms with E-state index in [-0.39, 0.29) is 36.1 Å². The molecule has 0 radical (unpaired) electrons. The van der Waals surface area contributed by atoms with E-state index in [0.717, 1.165) is 42.5 Å². The molecule has 0 saturated carbocycles. The van der Waals surface area contributed by atoms with Crippen LogP contribution in [-0.2, 0) is 11.3 Å². The number of nitrogens with zero attached hydrogens (tertiary/aromatic N) is 2. The van der Waals surface area contributed by atoms with Crippen molar-refractivity contribution in [1.29, 1.82) is 0 Å². The van der Waals surface area contributed by atoms with Crippen molar-refractivity contribution in [3.63, 3.8) is 0 Å². The van der Waals surface area contributed by atoms with Crippen LogP contribution in [0, 0.1) is 6.92 Å². The number of hydrogen-bond acceptors (Lipinski definition) is 5. The van der Waals surface area contributed by atoms with Gasteiger partial charge in [-0.25, -0.2) is 0 Å². The van der Waals surface area contributed by atoms with Gasteiger partial charge in [0.2, 0.25) is 0 Å². The van der Waals surface area contributed by atoms with Crippen molar-refractivity contribution < 1.29 is 13.9 Å². The maximum atomic E-state index is 6.10. The summed E-state index contributed by atoms with van der Waals surface area (Å²) in [5.41, 5.74) is 2.27. The fourth-order valence-electron chi connectivity index (χ4n) is 3.51. The second kappa shape index (κ2) is 12.9.